The van der Waals surface area contributed by atoms with Crippen molar-refractivity contribution in [2.75, 3.05) is 19.9 Å². The maximum absolute atomic E-state index is 12.1. The Morgan fingerprint density at radius 1 is 1.26 bits per heavy atom. The Hall–Kier alpha value is -1.77. The van der Waals surface area contributed by atoms with Gasteiger partial charge < -0.3 is 9.30 Å². The maximum atomic E-state index is 12.1. The molecule has 3 heterocycles. The zero-order valence-electron chi connectivity index (χ0n) is 16.3. The Balaban J connectivity index is 1.75. The molecule has 1 fully saturated rings. The van der Waals surface area contributed by atoms with Gasteiger partial charge in [0.25, 0.3) is 0 Å². The molecular formula is C19H28N4O3S. The number of aromatic nitrogens is 3. The third kappa shape index (κ3) is 5.15. The minimum absolute atomic E-state index is 0.0482. The molecule has 2 aromatic rings. The number of rotatable bonds is 8. The maximum Gasteiger partial charge on any atom is 0.227 e. The van der Waals surface area contributed by atoms with Gasteiger partial charge in [-0.15, -0.1) is 0 Å². The smallest absolute Gasteiger partial charge is 0.227 e. The summed E-state index contributed by atoms with van der Waals surface area (Å²) in [4.78, 5) is 10.8. The first-order valence-corrected chi connectivity index (χ1v) is 11.2. The van der Waals surface area contributed by atoms with E-state index in [1.54, 1.807) is 10.8 Å². The van der Waals surface area contributed by atoms with Crippen molar-refractivity contribution in [1.29, 1.82) is 0 Å². The highest BCUT2D eigenvalue weighted by Gasteiger charge is 2.24. The van der Waals surface area contributed by atoms with Crippen LogP contribution in [-0.4, -0.2) is 53.9 Å². The van der Waals surface area contributed by atoms with Crippen LogP contribution in [0.3, 0.4) is 0 Å². The second-order valence-electron chi connectivity index (χ2n) is 7.23. The van der Waals surface area contributed by atoms with E-state index in [0.29, 0.717) is 19.6 Å². The zero-order valence-corrected chi connectivity index (χ0v) is 17.1. The Kier molecular flexibility index (Phi) is 6.29. The molecular weight excluding hydrogens is 364 g/mol. The second kappa shape index (κ2) is 8.50. The molecule has 2 aromatic heterocycles. The Labute approximate surface area is 161 Å². The van der Waals surface area contributed by atoms with Gasteiger partial charge in [0.15, 0.2) is 0 Å². The van der Waals surface area contributed by atoms with Crippen LogP contribution >= 0.6 is 0 Å². The first-order valence-electron chi connectivity index (χ1n) is 9.35. The quantitative estimate of drug-likeness (QED) is 0.684. The standard InChI is InChI=1S/C19H28N4O3S/c1-4-15-7-8-16(20-10-15)12-22(2)13-17-11-21-19(27(3,24)25)23(17)14-18-6-5-9-26-18/h7-8,10-11,18H,4-6,9,12-14H2,1-3H3. The number of imidazole rings is 1. The number of aryl methyl sites for hydroxylation is 1. The van der Waals surface area contributed by atoms with E-state index in [-0.39, 0.29) is 11.3 Å². The lowest BCUT2D eigenvalue weighted by atomic mass is 10.2. The van der Waals surface area contributed by atoms with E-state index in [4.69, 9.17) is 4.74 Å². The van der Waals surface area contributed by atoms with Gasteiger partial charge in [-0.05, 0) is 37.9 Å². The first-order chi connectivity index (χ1) is 12.9. The third-order valence-electron chi connectivity index (χ3n) is 4.80. The molecule has 8 heteroatoms. The average molecular weight is 393 g/mol. The summed E-state index contributed by atoms with van der Waals surface area (Å²) in [5.74, 6) is 0. The highest BCUT2D eigenvalue weighted by molar-refractivity contribution is 7.90. The first kappa shape index (κ1) is 20.0. The van der Waals surface area contributed by atoms with E-state index in [1.165, 1.54) is 11.8 Å². The molecule has 1 unspecified atom stereocenters. The summed E-state index contributed by atoms with van der Waals surface area (Å²) in [5.41, 5.74) is 3.08. The third-order valence-corrected chi connectivity index (χ3v) is 5.79. The lowest BCUT2D eigenvalue weighted by Crippen LogP contribution is -2.24. The normalized spacial score (nSPS) is 17.7. The lowest BCUT2D eigenvalue weighted by molar-refractivity contribution is 0.0934. The fourth-order valence-electron chi connectivity index (χ4n) is 3.37. The van der Waals surface area contributed by atoms with Crippen molar-refractivity contribution in [3.8, 4) is 0 Å². The van der Waals surface area contributed by atoms with Crippen molar-refractivity contribution in [3.63, 3.8) is 0 Å². The predicted octanol–water partition coefficient (Wildman–Crippen LogP) is 2.05. The number of hydrogen-bond acceptors (Lipinski definition) is 6. The van der Waals surface area contributed by atoms with Gasteiger partial charge in [-0.25, -0.2) is 13.4 Å². The van der Waals surface area contributed by atoms with Gasteiger partial charge in [0.05, 0.1) is 30.2 Å². The molecule has 0 aromatic carbocycles. The highest BCUT2D eigenvalue weighted by atomic mass is 32.2. The van der Waals surface area contributed by atoms with Gasteiger partial charge in [0.2, 0.25) is 15.0 Å². The minimum Gasteiger partial charge on any atom is -0.376 e. The molecule has 0 N–H and O–H groups in total. The van der Waals surface area contributed by atoms with Crippen LogP contribution in [0, 0.1) is 0 Å². The largest absolute Gasteiger partial charge is 0.376 e. The molecule has 0 amide bonds. The molecule has 1 aliphatic heterocycles. The molecule has 0 saturated carbocycles. The van der Waals surface area contributed by atoms with Crippen molar-refractivity contribution in [2.24, 2.45) is 0 Å². The van der Waals surface area contributed by atoms with Crippen LogP contribution in [-0.2, 0) is 40.6 Å². The van der Waals surface area contributed by atoms with E-state index < -0.39 is 9.84 Å². The van der Waals surface area contributed by atoms with Crippen LogP contribution < -0.4 is 0 Å². The summed E-state index contributed by atoms with van der Waals surface area (Å²) >= 11 is 0. The van der Waals surface area contributed by atoms with E-state index in [2.05, 4.69) is 27.9 Å². The number of pyridine rings is 1. The van der Waals surface area contributed by atoms with Gasteiger partial charge in [0, 0.05) is 32.1 Å². The van der Waals surface area contributed by atoms with E-state index in [1.807, 2.05) is 19.3 Å². The van der Waals surface area contributed by atoms with Gasteiger partial charge in [-0.2, -0.15) is 0 Å². The summed E-state index contributed by atoms with van der Waals surface area (Å²) in [6.07, 6.45) is 7.76. The molecule has 0 aliphatic carbocycles. The molecule has 27 heavy (non-hydrogen) atoms. The van der Waals surface area contributed by atoms with Crippen LogP contribution in [0.4, 0.5) is 0 Å². The molecule has 1 aliphatic rings. The number of ether oxygens (including phenoxy) is 1. The summed E-state index contributed by atoms with van der Waals surface area (Å²) in [6, 6.07) is 4.14. The summed E-state index contributed by atoms with van der Waals surface area (Å²) in [7, 11) is -1.39. The summed E-state index contributed by atoms with van der Waals surface area (Å²) in [5, 5.41) is 0.117. The molecule has 0 radical (unpaired) electrons. The average Bonchev–Trinajstić information content (AvgIpc) is 3.26. The van der Waals surface area contributed by atoms with Crippen LogP contribution in [0.15, 0.2) is 29.7 Å². The van der Waals surface area contributed by atoms with E-state index in [0.717, 1.165) is 37.3 Å². The SMILES string of the molecule is CCc1ccc(CN(C)Cc2cnc(S(C)(=O)=O)n2CC2CCCO2)nc1. The second-order valence-corrected chi connectivity index (χ2v) is 9.14. The van der Waals surface area contributed by atoms with Crippen LogP contribution in [0.5, 0.6) is 0 Å². The minimum atomic E-state index is -3.39. The molecule has 0 bridgehead atoms. The van der Waals surface area contributed by atoms with Crippen molar-refractivity contribution < 1.29 is 13.2 Å². The van der Waals surface area contributed by atoms with Gasteiger partial charge in [-0.1, -0.05) is 13.0 Å². The molecule has 148 valence electrons. The van der Waals surface area contributed by atoms with Gasteiger partial charge in [0.1, 0.15) is 0 Å². The summed E-state index contributed by atoms with van der Waals surface area (Å²) < 4.78 is 31.8. The van der Waals surface area contributed by atoms with E-state index >= 15 is 0 Å². The Morgan fingerprint density at radius 3 is 2.67 bits per heavy atom. The van der Waals surface area contributed by atoms with Crippen molar-refractivity contribution in [1.82, 2.24) is 19.4 Å². The highest BCUT2D eigenvalue weighted by Crippen LogP contribution is 2.20. The van der Waals surface area contributed by atoms with Crippen LogP contribution in [0.2, 0.25) is 0 Å². The number of hydrogen-bond donors (Lipinski definition) is 0. The van der Waals surface area contributed by atoms with Crippen LogP contribution in [0.1, 0.15) is 36.7 Å². The Morgan fingerprint density at radius 2 is 2.07 bits per heavy atom. The number of nitrogens with zero attached hydrogens (tertiary/aromatic N) is 4. The molecule has 7 nitrogen and oxygen atoms in total. The van der Waals surface area contributed by atoms with Gasteiger partial charge >= 0.3 is 0 Å². The Bertz CT molecular complexity index is 856. The van der Waals surface area contributed by atoms with Crippen LogP contribution in [0.25, 0.3) is 0 Å². The monoisotopic (exact) mass is 392 g/mol. The molecule has 0 spiro atoms. The van der Waals surface area contributed by atoms with Gasteiger partial charge in [-0.3, -0.25) is 9.88 Å². The predicted molar refractivity (Wildman–Crippen MR) is 103 cm³/mol. The van der Waals surface area contributed by atoms with Crippen molar-refractivity contribution in [3.05, 3.63) is 41.5 Å². The summed E-state index contributed by atoms with van der Waals surface area (Å²) in [6.45, 7) is 4.64. The molecule has 1 saturated heterocycles. The number of sulfone groups is 1. The fraction of sp³-hybridized carbons (Fsp3) is 0.579. The van der Waals surface area contributed by atoms with E-state index in [9.17, 15) is 8.42 Å². The molecule has 1 atom stereocenters. The molecule has 3 rings (SSSR count). The lowest BCUT2D eigenvalue weighted by Gasteiger charge is -2.20. The fourth-order valence-corrected chi connectivity index (χ4v) is 4.20. The van der Waals surface area contributed by atoms with Crippen molar-refractivity contribution >= 4 is 9.84 Å². The topological polar surface area (TPSA) is 77.3 Å². The zero-order chi connectivity index (χ0) is 19.4. The van der Waals surface area contributed by atoms with Crippen molar-refractivity contribution in [2.45, 2.75) is 57.1 Å².